The molecule has 106 valence electrons. The van der Waals surface area contributed by atoms with Gasteiger partial charge in [-0.25, -0.2) is 0 Å². The van der Waals surface area contributed by atoms with Crippen LogP contribution < -0.4 is 5.32 Å². The Labute approximate surface area is 103 Å². The summed E-state index contributed by atoms with van der Waals surface area (Å²) in [5, 5.41) is 11.9. The lowest BCUT2D eigenvalue weighted by Gasteiger charge is -2.23. The third-order valence-electron chi connectivity index (χ3n) is 3.32. The molecule has 4 nitrogen and oxygen atoms in total. The maximum Gasteiger partial charge on any atom is 0.389 e. The van der Waals surface area contributed by atoms with Crippen molar-refractivity contribution in [1.82, 2.24) is 5.32 Å². The lowest BCUT2D eigenvalue weighted by molar-refractivity contribution is -0.144. The number of hydrogen-bond acceptors (Lipinski definition) is 3. The van der Waals surface area contributed by atoms with Crippen LogP contribution in [0.2, 0.25) is 0 Å². The van der Waals surface area contributed by atoms with Gasteiger partial charge >= 0.3 is 12.1 Å². The average Bonchev–Trinajstić information content (AvgIpc) is 2.68. The summed E-state index contributed by atoms with van der Waals surface area (Å²) in [5.74, 6) is -0.939. The Bertz CT molecular complexity index is 296. The van der Waals surface area contributed by atoms with Crippen LogP contribution in [-0.4, -0.2) is 42.5 Å². The fraction of sp³-hybridized carbons (Fsp3) is 0.909. The minimum absolute atomic E-state index is 0.0175. The fourth-order valence-corrected chi connectivity index (χ4v) is 2.19. The van der Waals surface area contributed by atoms with E-state index in [0.717, 1.165) is 0 Å². The second-order valence-corrected chi connectivity index (χ2v) is 4.59. The molecule has 1 saturated carbocycles. The molecule has 0 radical (unpaired) electrons. The first-order valence-corrected chi connectivity index (χ1v) is 5.90. The van der Waals surface area contributed by atoms with Crippen LogP contribution in [0.25, 0.3) is 0 Å². The van der Waals surface area contributed by atoms with Crippen molar-refractivity contribution >= 4 is 5.97 Å². The Morgan fingerprint density at radius 3 is 2.67 bits per heavy atom. The third kappa shape index (κ3) is 4.13. The van der Waals surface area contributed by atoms with E-state index in [1.165, 1.54) is 0 Å². The van der Waals surface area contributed by atoms with Gasteiger partial charge in [-0.1, -0.05) is 0 Å². The molecule has 0 bridgehead atoms. The zero-order valence-electron chi connectivity index (χ0n) is 10.2. The lowest BCUT2D eigenvalue weighted by atomic mass is 9.98. The van der Waals surface area contributed by atoms with Gasteiger partial charge in [0.25, 0.3) is 0 Å². The van der Waals surface area contributed by atoms with Crippen molar-refractivity contribution in [3.8, 4) is 0 Å². The van der Waals surface area contributed by atoms with E-state index in [1.807, 2.05) is 0 Å². The Morgan fingerprint density at radius 2 is 2.22 bits per heavy atom. The van der Waals surface area contributed by atoms with E-state index >= 15 is 0 Å². The number of carbonyl (C=O) groups is 1. The largest absolute Gasteiger partial charge is 0.480 e. The summed E-state index contributed by atoms with van der Waals surface area (Å²) < 4.78 is 41.0. The van der Waals surface area contributed by atoms with Gasteiger partial charge in [0.05, 0.1) is 6.10 Å². The molecule has 1 aliphatic carbocycles. The number of rotatable bonds is 6. The second kappa shape index (κ2) is 5.88. The summed E-state index contributed by atoms with van der Waals surface area (Å²) >= 11 is 0. The molecule has 2 unspecified atom stereocenters. The molecular weight excluding hydrogens is 251 g/mol. The molecule has 0 amide bonds. The summed E-state index contributed by atoms with van der Waals surface area (Å²) in [6.45, 7) is 0.0175. The Kier molecular flexibility index (Phi) is 4.98. The van der Waals surface area contributed by atoms with Gasteiger partial charge in [0.1, 0.15) is 5.54 Å². The van der Waals surface area contributed by atoms with Crippen LogP contribution in [0.3, 0.4) is 0 Å². The highest BCUT2D eigenvalue weighted by molar-refractivity contribution is 5.79. The highest BCUT2D eigenvalue weighted by Crippen LogP contribution is 2.32. The van der Waals surface area contributed by atoms with Gasteiger partial charge in [-0.3, -0.25) is 4.79 Å². The molecule has 0 aromatic heterocycles. The first-order valence-electron chi connectivity index (χ1n) is 5.90. The summed E-state index contributed by atoms with van der Waals surface area (Å²) in [6.07, 6.45) is -4.10. The van der Waals surface area contributed by atoms with Crippen molar-refractivity contribution < 1.29 is 27.8 Å². The number of halogens is 3. The zero-order valence-corrected chi connectivity index (χ0v) is 10.2. The molecule has 1 fully saturated rings. The smallest absolute Gasteiger partial charge is 0.389 e. The van der Waals surface area contributed by atoms with Crippen LogP contribution in [0.4, 0.5) is 13.2 Å². The minimum Gasteiger partial charge on any atom is -0.480 e. The Morgan fingerprint density at radius 1 is 1.56 bits per heavy atom. The summed E-state index contributed by atoms with van der Waals surface area (Å²) in [4.78, 5) is 11.1. The second-order valence-electron chi connectivity index (χ2n) is 4.59. The van der Waals surface area contributed by atoms with Crippen LogP contribution in [0, 0.1) is 0 Å². The molecule has 2 atom stereocenters. The summed E-state index contributed by atoms with van der Waals surface area (Å²) in [7, 11) is 1.57. The van der Waals surface area contributed by atoms with Gasteiger partial charge in [-0.05, 0) is 26.3 Å². The molecule has 1 rings (SSSR count). The van der Waals surface area contributed by atoms with Crippen LogP contribution in [0.1, 0.15) is 32.1 Å². The monoisotopic (exact) mass is 269 g/mol. The van der Waals surface area contributed by atoms with Crippen molar-refractivity contribution in [1.29, 1.82) is 0 Å². The number of carboxylic acid groups (broad SMARTS) is 1. The van der Waals surface area contributed by atoms with E-state index in [1.54, 1.807) is 7.05 Å². The van der Waals surface area contributed by atoms with Crippen molar-refractivity contribution in [3.63, 3.8) is 0 Å². The molecule has 0 aliphatic heterocycles. The van der Waals surface area contributed by atoms with Gasteiger partial charge in [0.2, 0.25) is 0 Å². The molecular formula is C11H18F3NO3. The van der Waals surface area contributed by atoms with Crippen LogP contribution in [0.5, 0.6) is 0 Å². The number of alkyl halides is 3. The van der Waals surface area contributed by atoms with Gasteiger partial charge in [-0.2, -0.15) is 13.2 Å². The minimum atomic E-state index is -4.16. The van der Waals surface area contributed by atoms with E-state index < -0.39 is 24.1 Å². The van der Waals surface area contributed by atoms with Crippen molar-refractivity contribution in [3.05, 3.63) is 0 Å². The van der Waals surface area contributed by atoms with E-state index in [-0.39, 0.29) is 19.1 Å². The molecule has 7 heteroatoms. The number of nitrogens with one attached hydrogen (secondary N) is 1. The first kappa shape index (κ1) is 15.2. The molecule has 0 heterocycles. The number of ether oxygens (including phenoxy) is 1. The first-order chi connectivity index (χ1) is 8.29. The molecule has 0 spiro atoms. The Hall–Kier alpha value is -0.820. The number of hydrogen-bond donors (Lipinski definition) is 2. The standard InChI is InChI=1S/C11H18F3NO3/c1-15-10(9(16)17)5-3-8(7-10)18-6-2-4-11(12,13)14/h8,15H,2-7H2,1H3,(H,16,17). The van der Waals surface area contributed by atoms with Crippen molar-refractivity contribution in [2.45, 2.75) is 49.9 Å². The third-order valence-corrected chi connectivity index (χ3v) is 3.32. The van der Waals surface area contributed by atoms with Gasteiger partial charge in [0.15, 0.2) is 0 Å². The highest BCUT2D eigenvalue weighted by atomic mass is 19.4. The van der Waals surface area contributed by atoms with Gasteiger partial charge in [-0.15, -0.1) is 0 Å². The molecule has 1 aliphatic rings. The summed E-state index contributed by atoms with van der Waals surface area (Å²) in [5.41, 5.74) is -0.991. The van der Waals surface area contributed by atoms with Crippen LogP contribution in [0.15, 0.2) is 0 Å². The van der Waals surface area contributed by atoms with Crippen LogP contribution in [-0.2, 0) is 9.53 Å². The quantitative estimate of drug-likeness (QED) is 0.723. The fourth-order valence-electron chi connectivity index (χ4n) is 2.19. The van der Waals surface area contributed by atoms with E-state index in [0.29, 0.717) is 19.3 Å². The molecule has 0 saturated heterocycles. The van der Waals surface area contributed by atoms with E-state index in [9.17, 15) is 18.0 Å². The van der Waals surface area contributed by atoms with E-state index in [4.69, 9.17) is 9.84 Å². The SMILES string of the molecule is CNC1(C(=O)O)CCC(OCCCC(F)(F)F)C1. The maximum atomic E-state index is 11.9. The van der Waals surface area contributed by atoms with Crippen LogP contribution >= 0.6 is 0 Å². The number of aliphatic carboxylic acids is 1. The topological polar surface area (TPSA) is 58.6 Å². The Balaban J connectivity index is 2.28. The highest BCUT2D eigenvalue weighted by Gasteiger charge is 2.44. The number of likely N-dealkylation sites (N-methyl/N-ethyl adjacent to an activating group) is 1. The van der Waals surface area contributed by atoms with E-state index in [2.05, 4.69) is 5.32 Å². The molecule has 0 aromatic rings. The summed E-state index contributed by atoms with van der Waals surface area (Å²) in [6, 6.07) is 0. The van der Waals surface area contributed by atoms with Gasteiger partial charge in [0, 0.05) is 19.4 Å². The van der Waals surface area contributed by atoms with Crippen molar-refractivity contribution in [2.24, 2.45) is 0 Å². The lowest BCUT2D eigenvalue weighted by Crippen LogP contribution is -2.48. The van der Waals surface area contributed by atoms with Gasteiger partial charge < -0.3 is 15.2 Å². The average molecular weight is 269 g/mol. The predicted molar refractivity (Wildman–Crippen MR) is 58.3 cm³/mol. The molecule has 18 heavy (non-hydrogen) atoms. The molecule has 2 N–H and O–H groups in total. The maximum absolute atomic E-state index is 11.9. The normalized spacial score (nSPS) is 28.6. The number of carboxylic acids is 1. The predicted octanol–water partition coefficient (Wildman–Crippen LogP) is 1.94. The van der Waals surface area contributed by atoms with Crippen molar-refractivity contribution in [2.75, 3.05) is 13.7 Å². The molecule has 0 aromatic carbocycles. The zero-order chi connectivity index (χ0) is 13.8.